The number of amides is 1. The summed E-state index contributed by atoms with van der Waals surface area (Å²) in [5.41, 5.74) is 6.32. The molecule has 0 aliphatic carbocycles. The van der Waals surface area contributed by atoms with Crippen LogP contribution >= 0.6 is 23.2 Å². The lowest BCUT2D eigenvalue weighted by atomic mass is 9.78. The number of methoxy groups -OCH3 is 1. The van der Waals surface area contributed by atoms with E-state index < -0.39 is 0 Å². The number of ether oxygens (including phenoxy) is 2. The number of hydrogen-bond acceptors (Lipinski definition) is 5. The molecule has 214 valence electrons. The Labute approximate surface area is 247 Å². The zero-order chi connectivity index (χ0) is 29.7. The second kappa shape index (κ2) is 13.0. The van der Waals surface area contributed by atoms with Crippen molar-refractivity contribution in [3.63, 3.8) is 0 Å². The highest BCUT2D eigenvalue weighted by molar-refractivity contribution is 6.32. The molecule has 0 spiro atoms. The summed E-state index contributed by atoms with van der Waals surface area (Å²) < 4.78 is 11.4. The first-order valence-corrected chi connectivity index (χ1v) is 13.9. The number of benzene rings is 3. The molecule has 0 fully saturated rings. The Kier molecular flexibility index (Phi) is 10.1. The van der Waals surface area contributed by atoms with Gasteiger partial charge < -0.3 is 14.6 Å². The molecule has 8 heteroatoms. The number of hydrazone groups is 1. The number of phenols is 1. The summed E-state index contributed by atoms with van der Waals surface area (Å²) in [6, 6.07) is 14.8. The van der Waals surface area contributed by atoms with Crippen LogP contribution in [0.25, 0.3) is 0 Å². The molecule has 0 heterocycles. The Morgan fingerprint density at radius 1 is 0.975 bits per heavy atom. The number of carbonyl (C=O) groups is 1. The van der Waals surface area contributed by atoms with E-state index >= 15 is 0 Å². The molecule has 0 atom stereocenters. The normalized spacial score (nSPS) is 12.0. The average molecular weight is 586 g/mol. The molecule has 0 aliphatic rings. The molecule has 0 saturated heterocycles. The summed E-state index contributed by atoms with van der Waals surface area (Å²) in [6.07, 6.45) is 2.26. The van der Waals surface area contributed by atoms with Gasteiger partial charge in [-0.15, -0.1) is 0 Å². The summed E-state index contributed by atoms with van der Waals surface area (Å²) in [7, 11) is 1.52. The van der Waals surface area contributed by atoms with Crippen molar-refractivity contribution in [1.29, 1.82) is 0 Å². The van der Waals surface area contributed by atoms with Crippen LogP contribution < -0.4 is 14.9 Å². The lowest BCUT2D eigenvalue weighted by Crippen LogP contribution is -2.20. The van der Waals surface area contributed by atoms with Gasteiger partial charge >= 0.3 is 0 Å². The summed E-state index contributed by atoms with van der Waals surface area (Å²) in [5.74, 6) is 0.927. The van der Waals surface area contributed by atoms with Gasteiger partial charge in [-0.05, 0) is 57.7 Å². The molecule has 2 N–H and O–H groups in total. The molecule has 3 rings (SSSR count). The highest BCUT2D eigenvalue weighted by Crippen LogP contribution is 2.40. The van der Waals surface area contributed by atoms with Gasteiger partial charge in [-0.25, -0.2) is 5.43 Å². The number of hydrogen-bond donors (Lipinski definition) is 2. The molecular formula is C32H38Cl2N2O4. The Morgan fingerprint density at radius 3 is 2.17 bits per heavy atom. The first-order chi connectivity index (χ1) is 18.7. The van der Waals surface area contributed by atoms with Gasteiger partial charge in [0.15, 0.2) is 11.5 Å². The zero-order valence-electron chi connectivity index (χ0n) is 24.2. The Hall–Kier alpha value is -3.22. The van der Waals surface area contributed by atoms with Gasteiger partial charge in [0.25, 0.3) is 0 Å². The third-order valence-corrected chi connectivity index (χ3v) is 7.06. The first-order valence-electron chi connectivity index (χ1n) is 13.1. The van der Waals surface area contributed by atoms with Crippen molar-refractivity contribution in [2.75, 3.05) is 7.11 Å². The topological polar surface area (TPSA) is 80.2 Å². The van der Waals surface area contributed by atoms with Gasteiger partial charge in [0.1, 0.15) is 12.4 Å². The van der Waals surface area contributed by atoms with Crippen LogP contribution in [0.4, 0.5) is 0 Å². The van der Waals surface area contributed by atoms with Gasteiger partial charge in [0.2, 0.25) is 5.91 Å². The maximum Gasteiger partial charge on any atom is 0.240 e. The van der Waals surface area contributed by atoms with E-state index in [2.05, 4.69) is 52.1 Å². The number of phenolic OH excluding ortho intramolecular Hbond substituents is 1. The zero-order valence-corrected chi connectivity index (χ0v) is 25.7. The Bertz CT molecular complexity index is 1350. The van der Waals surface area contributed by atoms with E-state index in [9.17, 15) is 9.90 Å². The number of carbonyl (C=O) groups excluding carboxylic acids is 1. The van der Waals surface area contributed by atoms with Crippen LogP contribution in [-0.4, -0.2) is 24.3 Å². The van der Waals surface area contributed by atoms with E-state index in [0.29, 0.717) is 39.3 Å². The van der Waals surface area contributed by atoms with Gasteiger partial charge in [-0.2, -0.15) is 5.10 Å². The maximum absolute atomic E-state index is 12.6. The largest absolute Gasteiger partial charge is 0.507 e. The Morgan fingerprint density at radius 2 is 1.60 bits per heavy atom. The number of halogens is 2. The van der Waals surface area contributed by atoms with E-state index in [1.807, 2.05) is 30.3 Å². The van der Waals surface area contributed by atoms with Crippen molar-refractivity contribution < 1.29 is 19.4 Å². The van der Waals surface area contributed by atoms with E-state index in [1.165, 1.54) is 13.3 Å². The highest BCUT2D eigenvalue weighted by Gasteiger charge is 2.26. The number of aryl methyl sites for hydroxylation is 1. The van der Waals surface area contributed by atoms with Crippen molar-refractivity contribution in [1.82, 2.24) is 5.43 Å². The van der Waals surface area contributed by atoms with E-state index in [1.54, 1.807) is 18.2 Å². The van der Waals surface area contributed by atoms with Gasteiger partial charge in [-0.1, -0.05) is 95.1 Å². The summed E-state index contributed by atoms with van der Waals surface area (Å²) in [6.45, 7) is 12.6. The Balaban J connectivity index is 1.66. The van der Waals surface area contributed by atoms with Crippen LogP contribution in [0.1, 0.15) is 75.8 Å². The van der Waals surface area contributed by atoms with Gasteiger partial charge in [0, 0.05) is 17.0 Å². The molecule has 3 aromatic rings. The number of rotatable bonds is 9. The molecular weight excluding hydrogens is 547 g/mol. The summed E-state index contributed by atoms with van der Waals surface area (Å²) >= 11 is 12.7. The molecule has 6 nitrogen and oxygen atoms in total. The molecule has 40 heavy (non-hydrogen) atoms. The summed E-state index contributed by atoms with van der Waals surface area (Å²) in [4.78, 5) is 12.6. The minimum Gasteiger partial charge on any atom is -0.507 e. The molecule has 0 radical (unpaired) electrons. The van der Waals surface area contributed by atoms with Crippen molar-refractivity contribution in [3.8, 4) is 17.2 Å². The van der Waals surface area contributed by atoms with Crippen molar-refractivity contribution in [2.45, 2.75) is 71.8 Å². The molecule has 0 saturated carbocycles. The predicted molar refractivity (Wildman–Crippen MR) is 163 cm³/mol. The molecule has 0 aliphatic heterocycles. The minimum atomic E-state index is -0.232. The summed E-state index contributed by atoms with van der Waals surface area (Å²) in [5, 5.41) is 16.0. The van der Waals surface area contributed by atoms with Crippen molar-refractivity contribution in [3.05, 3.63) is 86.4 Å². The highest BCUT2D eigenvalue weighted by atomic mass is 35.5. The predicted octanol–water partition coefficient (Wildman–Crippen LogP) is 7.96. The van der Waals surface area contributed by atoms with E-state index in [0.717, 1.165) is 22.3 Å². The molecule has 3 aromatic carbocycles. The van der Waals surface area contributed by atoms with Crippen LogP contribution in [0, 0.1) is 0 Å². The number of aromatic hydroxyl groups is 1. The fourth-order valence-corrected chi connectivity index (χ4v) is 4.66. The fraction of sp³-hybridized carbons (Fsp3) is 0.375. The quantitative estimate of drug-likeness (QED) is 0.197. The number of nitrogens with one attached hydrogen (secondary N) is 1. The molecule has 1 amide bonds. The van der Waals surface area contributed by atoms with E-state index in [4.69, 9.17) is 32.7 Å². The average Bonchev–Trinajstić information content (AvgIpc) is 2.86. The van der Waals surface area contributed by atoms with Gasteiger partial charge in [-0.3, -0.25) is 4.79 Å². The first kappa shape index (κ1) is 31.3. The third kappa shape index (κ3) is 8.15. The van der Waals surface area contributed by atoms with E-state index in [-0.39, 0.29) is 29.8 Å². The molecule has 0 bridgehead atoms. The third-order valence-electron chi connectivity index (χ3n) is 6.41. The van der Waals surface area contributed by atoms with Crippen molar-refractivity contribution in [2.24, 2.45) is 5.10 Å². The second-order valence-corrected chi connectivity index (χ2v) is 12.6. The lowest BCUT2D eigenvalue weighted by Gasteiger charge is -2.28. The molecule has 0 unspecified atom stereocenters. The standard InChI is InChI=1S/C32H38Cl2N2O4/c1-31(2,3)23-14-20(15-24(29(23)38)32(4,5)6)12-13-28(37)36-35-18-21-16-26(34)30(27(17-21)39-7)40-19-22-10-8-9-11-25(22)33/h8-11,14-18,38H,12-13,19H2,1-7H3,(H,36,37)/b35-18-. The fourth-order valence-electron chi connectivity index (χ4n) is 4.19. The van der Waals surface area contributed by atoms with Crippen LogP contribution in [0.15, 0.2) is 53.6 Å². The second-order valence-electron chi connectivity index (χ2n) is 11.7. The van der Waals surface area contributed by atoms with Crippen molar-refractivity contribution >= 4 is 35.3 Å². The minimum absolute atomic E-state index is 0.225. The number of nitrogens with zero attached hydrogens (tertiary/aromatic N) is 1. The SMILES string of the molecule is COc1cc(/C=N\NC(=O)CCc2cc(C(C)(C)C)c(O)c(C(C)(C)C)c2)cc(Cl)c1OCc1ccccc1Cl. The smallest absolute Gasteiger partial charge is 0.240 e. The monoisotopic (exact) mass is 584 g/mol. The maximum atomic E-state index is 12.6. The van der Waals surface area contributed by atoms with Crippen LogP contribution in [0.3, 0.4) is 0 Å². The van der Waals surface area contributed by atoms with Gasteiger partial charge in [0.05, 0.1) is 18.3 Å². The molecule has 0 aromatic heterocycles. The van der Waals surface area contributed by atoms with Crippen LogP contribution in [0.5, 0.6) is 17.2 Å². The lowest BCUT2D eigenvalue weighted by molar-refractivity contribution is -0.121. The van der Waals surface area contributed by atoms with Crippen LogP contribution in [0.2, 0.25) is 10.0 Å². The van der Waals surface area contributed by atoms with Crippen LogP contribution in [-0.2, 0) is 28.7 Å².